The molecule has 1 aliphatic rings. The van der Waals surface area contributed by atoms with Crippen LogP contribution in [-0.2, 0) is 16.3 Å². The standard InChI is InChI=1S/C15H27N5O3S.HI/c1-4-16-15(18-12-7-9-24(21,22)10-12)17-8-5-6-13-19-14(11(2)3)20-23-13;/h11-12H,4-10H2,1-3H3,(H2,16,17,18);1H. The van der Waals surface area contributed by atoms with Gasteiger partial charge in [0.05, 0.1) is 11.5 Å². The third-order valence-corrected chi connectivity index (χ3v) is 5.50. The minimum absolute atomic E-state index is 0. The Balaban J connectivity index is 0.00000312. The van der Waals surface area contributed by atoms with Gasteiger partial charge in [0.2, 0.25) is 5.89 Å². The van der Waals surface area contributed by atoms with Gasteiger partial charge in [0.15, 0.2) is 21.6 Å². The van der Waals surface area contributed by atoms with Crippen LogP contribution in [0.15, 0.2) is 9.52 Å². The Morgan fingerprint density at radius 2 is 2.20 bits per heavy atom. The second kappa shape index (κ2) is 10.3. The SMILES string of the molecule is CCNC(=NCCCc1nc(C(C)C)no1)NC1CCS(=O)(=O)C1.I. The van der Waals surface area contributed by atoms with E-state index in [-0.39, 0.29) is 47.4 Å². The largest absolute Gasteiger partial charge is 0.357 e. The lowest BCUT2D eigenvalue weighted by atomic mass is 10.2. The van der Waals surface area contributed by atoms with Crippen LogP contribution < -0.4 is 10.6 Å². The molecule has 1 fully saturated rings. The molecule has 0 aromatic carbocycles. The maximum absolute atomic E-state index is 11.5. The van der Waals surface area contributed by atoms with Crippen molar-refractivity contribution in [2.45, 2.75) is 52.0 Å². The molecule has 25 heavy (non-hydrogen) atoms. The van der Waals surface area contributed by atoms with Crippen molar-refractivity contribution in [2.75, 3.05) is 24.6 Å². The highest BCUT2D eigenvalue weighted by atomic mass is 127. The monoisotopic (exact) mass is 485 g/mol. The summed E-state index contributed by atoms with van der Waals surface area (Å²) < 4.78 is 28.3. The highest BCUT2D eigenvalue weighted by Gasteiger charge is 2.28. The number of nitrogens with zero attached hydrogens (tertiary/aromatic N) is 3. The number of hydrogen-bond donors (Lipinski definition) is 2. The van der Waals surface area contributed by atoms with Crippen molar-refractivity contribution < 1.29 is 12.9 Å². The summed E-state index contributed by atoms with van der Waals surface area (Å²) in [5, 5.41) is 10.3. The van der Waals surface area contributed by atoms with Crippen molar-refractivity contribution in [1.29, 1.82) is 0 Å². The average molecular weight is 485 g/mol. The lowest BCUT2D eigenvalue weighted by Gasteiger charge is -2.15. The number of guanidine groups is 1. The van der Waals surface area contributed by atoms with Gasteiger partial charge in [-0.15, -0.1) is 24.0 Å². The molecule has 1 saturated heterocycles. The molecule has 0 spiro atoms. The normalized spacial score (nSPS) is 19.7. The molecule has 0 aliphatic carbocycles. The predicted molar refractivity (Wildman–Crippen MR) is 108 cm³/mol. The Morgan fingerprint density at radius 1 is 1.44 bits per heavy atom. The molecule has 2 N–H and O–H groups in total. The maximum Gasteiger partial charge on any atom is 0.226 e. The van der Waals surface area contributed by atoms with Gasteiger partial charge in [0, 0.05) is 31.5 Å². The molecule has 1 unspecified atom stereocenters. The summed E-state index contributed by atoms with van der Waals surface area (Å²) in [7, 11) is -2.89. The molecule has 1 aliphatic heterocycles. The van der Waals surface area contributed by atoms with Gasteiger partial charge in [-0.1, -0.05) is 19.0 Å². The van der Waals surface area contributed by atoms with Gasteiger partial charge in [-0.3, -0.25) is 4.99 Å². The van der Waals surface area contributed by atoms with Gasteiger partial charge < -0.3 is 15.2 Å². The zero-order valence-corrected chi connectivity index (χ0v) is 18.1. The number of rotatable bonds is 7. The minimum atomic E-state index is -2.89. The summed E-state index contributed by atoms with van der Waals surface area (Å²) in [4.78, 5) is 8.83. The summed E-state index contributed by atoms with van der Waals surface area (Å²) in [5.41, 5.74) is 0. The predicted octanol–water partition coefficient (Wildman–Crippen LogP) is 1.49. The second-order valence-electron chi connectivity index (χ2n) is 6.31. The van der Waals surface area contributed by atoms with Crippen molar-refractivity contribution in [3.8, 4) is 0 Å². The van der Waals surface area contributed by atoms with E-state index in [0.29, 0.717) is 31.2 Å². The van der Waals surface area contributed by atoms with Gasteiger partial charge in [0.25, 0.3) is 0 Å². The Hall–Kier alpha value is -0.910. The number of aromatic nitrogens is 2. The fourth-order valence-corrected chi connectivity index (χ4v) is 4.12. The lowest BCUT2D eigenvalue weighted by Crippen LogP contribution is -2.44. The van der Waals surface area contributed by atoms with Crippen LogP contribution in [0, 0.1) is 0 Å². The van der Waals surface area contributed by atoms with Crippen molar-refractivity contribution in [3.63, 3.8) is 0 Å². The summed E-state index contributed by atoms with van der Waals surface area (Å²) in [6.07, 6.45) is 2.10. The van der Waals surface area contributed by atoms with Crippen LogP contribution in [0.3, 0.4) is 0 Å². The molecule has 1 aromatic heterocycles. The molecular weight excluding hydrogens is 457 g/mol. The van der Waals surface area contributed by atoms with Crippen LogP contribution >= 0.6 is 24.0 Å². The van der Waals surface area contributed by atoms with Crippen LogP contribution in [0.2, 0.25) is 0 Å². The fourth-order valence-electron chi connectivity index (χ4n) is 2.45. The van der Waals surface area contributed by atoms with E-state index in [9.17, 15) is 8.42 Å². The van der Waals surface area contributed by atoms with Crippen LogP contribution in [0.5, 0.6) is 0 Å². The maximum atomic E-state index is 11.5. The van der Waals surface area contributed by atoms with Gasteiger partial charge in [-0.2, -0.15) is 4.98 Å². The topological polar surface area (TPSA) is 109 Å². The fraction of sp³-hybridized carbons (Fsp3) is 0.800. The van der Waals surface area contributed by atoms with E-state index in [1.165, 1.54) is 0 Å². The summed E-state index contributed by atoms with van der Waals surface area (Å²) in [5.74, 6) is 2.71. The van der Waals surface area contributed by atoms with E-state index in [1.54, 1.807) is 0 Å². The van der Waals surface area contributed by atoms with Crippen LogP contribution in [-0.4, -0.2) is 55.2 Å². The molecule has 0 bridgehead atoms. The second-order valence-corrected chi connectivity index (χ2v) is 8.54. The molecule has 10 heteroatoms. The zero-order chi connectivity index (χ0) is 17.6. The highest BCUT2D eigenvalue weighted by molar-refractivity contribution is 14.0. The van der Waals surface area contributed by atoms with Crippen molar-refractivity contribution in [2.24, 2.45) is 4.99 Å². The number of aryl methyl sites for hydroxylation is 1. The van der Waals surface area contributed by atoms with E-state index in [0.717, 1.165) is 18.8 Å². The third-order valence-electron chi connectivity index (χ3n) is 3.74. The summed E-state index contributed by atoms with van der Waals surface area (Å²) >= 11 is 0. The van der Waals surface area contributed by atoms with Crippen LogP contribution in [0.25, 0.3) is 0 Å². The van der Waals surface area contributed by atoms with E-state index in [2.05, 4.69) is 25.8 Å². The van der Waals surface area contributed by atoms with Gasteiger partial charge in [-0.25, -0.2) is 8.42 Å². The Morgan fingerprint density at radius 3 is 2.76 bits per heavy atom. The van der Waals surface area contributed by atoms with E-state index in [4.69, 9.17) is 4.52 Å². The van der Waals surface area contributed by atoms with E-state index < -0.39 is 9.84 Å². The first-order chi connectivity index (χ1) is 11.4. The van der Waals surface area contributed by atoms with Crippen molar-refractivity contribution in [3.05, 3.63) is 11.7 Å². The molecule has 0 amide bonds. The Bertz CT molecular complexity index is 660. The first-order valence-corrected chi connectivity index (χ1v) is 10.3. The van der Waals surface area contributed by atoms with E-state index >= 15 is 0 Å². The van der Waals surface area contributed by atoms with Crippen LogP contribution in [0.4, 0.5) is 0 Å². The number of halogens is 1. The van der Waals surface area contributed by atoms with Gasteiger partial charge in [-0.05, 0) is 19.8 Å². The molecule has 144 valence electrons. The summed E-state index contributed by atoms with van der Waals surface area (Å²) in [6.45, 7) is 7.36. The number of aliphatic imine (C=N–C) groups is 1. The molecule has 0 saturated carbocycles. The average Bonchev–Trinajstić information content (AvgIpc) is 3.10. The molecule has 1 aromatic rings. The first-order valence-electron chi connectivity index (χ1n) is 8.47. The van der Waals surface area contributed by atoms with Crippen molar-refractivity contribution >= 4 is 39.8 Å². The van der Waals surface area contributed by atoms with Crippen LogP contribution in [0.1, 0.15) is 51.2 Å². The van der Waals surface area contributed by atoms with E-state index in [1.807, 2.05) is 20.8 Å². The molecule has 2 heterocycles. The van der Waals surface area contributed by atoms with Crippen molar-refractivity contribution in [1.82, 2.24) is 20.8 Å². The number of hydrogen-bond acceptors (Lipinski definition) is 6. The number of sulfone groups is 1. The Kier molecular flexibility index (Phi) is 9.11. The molecular formula is C15H28IN5O3S. The molecule has 8 nitrogen and oxygen atoms in total. The van der Waals surface area contributed by atoms with Gasteiger partial charge in [0.1, 0.15) is 0 Å². The lowest BCUT2D eigenvalue weighted by molar-refractivity contribution is 0.369. The molecule has 2 rings (SSSR count). The summed E-state index contributed by atoms with van der Waals surface area (Å²) in [6, 6.07) is -0.0580. The third kappa shape index (κ3) is 7.47. The Labute approximate surface area is 166 Å². The smallest absolute Gasteiger partial charge is 0.226 e. The molecule has 1 atom stereocenters. The molecule has 0 radical (unpaired) electrons. The minimum Gasteiger partial charge on any atom is -0.357 e. The van der Waals surface area contributed by atoms with Gasteiger partial charge >= 0.3 is 0 Å². The zero-order valence-electron chi connectivity index (χ0n) is 15.0. The quantitative estimate of drug-likeness (QED) is 0.261. The first kappa shape index (κ1) is 22.1. The highest BCUT2D eigenvalue weighted by Crippen LogP contribution is 2.12. The number of nitrogens with one attached hydrogen (secondary N) is 2.